The molecule has 0 unspecified atom stereocenters. The van der Waals surface area contributed by atoms with Gasteiger partial charge in [-0.25, -0.2) is 0 Å². The Hall–Kier alpha value is -1.01. The van der Waals surface area contributed by atoms with E-state index in [4.69, 9.17) is 0 Å². The number of anilines is 1. The summed E-state index contributed by atoms with van der Waals surface area (Å²) >= 11 is 0. The first-order valence-electron chi connectivity index (χ1n) is 9.17. The van der Waals surface area contributed by atoms with Gasteiger partial charge in [0.2, 0.25) is 0 Å². The van der Waals surface area contributed by atoms with E-state index in [2.05, 4.69) is 48.0 Å². The number of rotatable bonds is 3. The zero-order chi connectivity index (χ0) is 17.1. The summed E-state index contributed by atoms with van der Waals surface area (Å²) in [6.45, 7) is 13.5. The second-order valence-corrected chi connectivity index (χ2v) is 7.22. The molecule has 148 valence electrons. The van der Waals surface area contributed by atoms with E-state index in [1.807, 2.05) is 17.0 Å². The fraction of sp³-hybridized carbons (Fsp3) is 0.632. The first-order valence-corrected chi connectivity index (χ1v) is 9.17. The van der Waals surface area contributed by atoms with Gasteiger partial charge in [-0.3, -0.25) is 9.69 Å². The quantitative estimate of drug-likeness (QED) is 0.842. The highest BCUT2D eigenvalue weighted by molar-refractivity contribution is 5.94. The number of carbonyl (C=O) groups is 1. The monoisotopic (exact) mass is 402 g/mol. The Bertz CT molecular complexity index is 559. The Morgan fingerprint density at radius 3 is 2.19 bits per heavy atom. The Labute approximate surface area is 169 Å². The number of carbonyl (C=O) groups excluding carboxylic acids is 1. The molecule has 5 nitrogen and oxygen atoms in total. The molecule has 0 radical (unpaired) electrons. The molecule has 1 amide bonds. The van der Waals surface area contributed by atoms with Crippen LogP contribution in [0.5, 0.6) is 0 Å². The number of hydrogen-bond acceptors (Lipinski definition) is 4. The summed E-state index contributed by atoms with van der Waals surface area (Å²) in [5, 5.41) is 3.33. The van der Waals surface area contributed by atoms with Gasteiger partial charge in [0.1, 0.15) is 0 Å². The summed E-state index contributed by atoms with van der Waals surface area (Å²) < 4.78 is 0. The van der Waals surface area contributed by atoms with Crippen LogP contribution < -0.4 is 10.2 Å². The molecule has 2 heterocycles. The molecule has 0 aromatic heterocycles. The van der Waals surface area contributed by atoms with E-state index in [0.29, 0.717) is 6.04 Å². The fourth-order valence-corrected chi connectivity index (χ4v) is 3.62. The molecule has 2 aliphatic heterocycles. The van der Waals surface area contributed by atoms with Gasteiger partial charge in [-0.1, -0.05) is 0 Å². The third-order valence-corrected chi connectivity index (χ3v) is 5.29. The van der Waals surface area contributed by atoms with Crippen LogP contribution in [-0.2, 0) is 0 Å². The third-order valence-electron chi connectivity index (χ3n) is 5.29. The SMILES string of the molecule is CC(C)N1CCN(c2ccc(C(=O)N3CCNC[C@@H]3C)cc2)CC1.Cl.Cl. The van der Waals surface area contributed by atoms with Crippen molar-refractivity contribution in [2.75, 3.05) is 50.7 Å². The molecular weight excluding hydrogens is 371 g/mol. The van der Waals surface area contributed by atoms with Crippen LogP contribution in [-0.4, -0.2) is 73.6 Å². The number of amides is 1. The van der Waals surface area contributed by atoms with Crippen molar-refractivity contribution in [2.45, 2.75) is 32.9 Å². The van der Waals surface area contributed by atoms with E-state index < -0.39 is 0 Å². The minimum atomic E-state index is 0. The first-order chi connectivity index (χ1) is 11.6. The van der Waals surface area contributed by atoms with Gasteiger partial charge in [-0.15, -0.1) is 24.8 Å². The molecule has 1 aromatic rings. The van der Waals surface area contributed by atoms with E-state index in [1.54, 1.807) is 0 Å². The second kappa shape index (κ2) is 10.4. The van der Waals surface area contributed by atoms with E-state index in [9.17, 15) is 4.79 Å². The van der Waals surface area contributed by atoms with Gasteiger partial charge in [-0.2, -0.15) is 0 Å². The molecule has 0 bridgehead atoms. The lowest BCUT2D eigenvalue weighted by Crippen LogP contribution is -2.52. The maximum Gasteiger partial charge on any atom is 0.254 e. The molecule has 0 spiro atoms. The maximum atomic E-state index is 12.7. The highest BCUT2D eigenvalue weighted by atomic mass is 35.5. The van der Waals surface area contributed by atoms with Crippen molar-refractivity contribution >= 4 is 36.4 Å². The normalized spacial score (nSPS) is 21.2. The maximum absolute atomic E-state index is 12.7. The second-order valence-electron chi connectivity index (χ2n) is 7.22. The number of hydrogen-bond donors (Lipinski definition) is 1. The third kappa shape index (κ3) is 5.26. The molecule has 2 fully saturated rings. The van der Waals surface area contributed by atoms with Crippen molar-refractivity contribution in [3.8, 4) is 0 Å². The average Bonchev–Trinajstić information content (AvgIpc) is 2.62. The minimum absolute atomic E-state index is 0. The lowest BCUT2D eigenvalue weighted by molar-refractivity contribution is 0.0656. The van der Waals surface area contributed by atoms with Gasteiger partial charge in [-0.05, 0) is 45.0 Å². The van der Waals surface area contributed by atoms with Crippen LogP contribution in [0.4, 0.5) is 5.69 Å². The van der Waals surface area contributed by atoms with Crippen LogP contribution in [0.3, 0.4) is 0 Å². The number of nitrogens with zero attached hydrogens (tertiary/aromatic N) is 3. The molecule has 2 aliphatic rings. The van der Waals surface area contributed by atoms with Crippen molar-refractivity contribution in [3.63, 3.8) is 0 Å². The number of halogens is 2. The Morgan fingerprint density at radius 1 is 1.04 bits per heavy atom. The molecule has 2 saturated heterocycles. The van der Waals surface area contributed by atoms with E-state index in [1.165, 1.54) is 5.69 Å². The Morgan fingerprint density at radius 2 is 1.65 bits per heavy atom. The van der Waals surface area contributed by atoms with Crippen LogP contribution in [0, 0.1) is 0 Å². The molecule has 0 aliphatic carbocycles. The van der Waals surface area contributed by atoms with E-state index in [-0.39, 0.29) is 36.8 Å². The summed E-state index contributed by atoms with van der Waals surface area (Å²) in [6.07, 6.45) is 0. The van der Waals surface area contributed by atoms with Crippen LogP contribution in [0.15, 0.2) is 24.3 Å². The first kappa shape index (κ1) is 23.0. The highest BCUT2D eigenvalue weighted by Gasteiger charge is 2.24. The van der Waals surface area contributed by atoms with Crippen LogP contribution in [0.25, 0.3) is 0 Å². The predicted octanol–water partition coefficient (Wildman–Crippen LogP) is 2.49. The summed E-state index contributed by atoms with van der Waals surface area (Å²) in [4.78, 5) is 19.6. The van der Waals surface area contributed by atoms with Crippen molar-refractivity contribution < 1.29 is 4.79 Å². The molecule has 1 aromatic carbocycles. The average molecular weight is 403 g/mol. The van der Waals surface area contributed by atoms with Gasteiger partial charge >= 0.3 is 0 Å². The number of benzene rings is 1. The molecule has 3 rings (SSSR count). The van der Waals surface area contributed by atoms with Gasteiger partial charge in [0.25, 0.3) is 5.91 Å². The molecule has 7 heteroatoms. The minimum Gasteiger partial charge on any atom is -0.369 e. The van der Waals surface area contributed by atoms with Crippen LogP contribution in [0.1, 0.15) is 31.1 Å². The number of piperazine rings is 2. The molecule has 1 atom stereocenters. The summed E-state index contributed by atoms with van der Waals surface area (Å²) in [6, 6.07) is 9.06. The molecule has 0 saturated carbocycles. The van der Waals surface area contributed by atoms with Gasteiger partial charge in [0.15, 0.2) is 0 Å². The van der Waals surface area contributed by atoms with E-state index in [0.717, 1.165) is 51.4 Å². The zero-order valence-corrected chi connectivity index (χ0v) is 17.6. The highest BCUT2D eigenvalue weighted by Crippen LogP contribution is 2.19. The summed E-state index contributed by atoms with van der Waals surface area (Å²) in [7, 11) is 0. The smallest absolute Gasteiger partial charge is 0.254 e. The van der Waals surface area contributed by atoms with Gasteiger partial charge < -0.3 is 15.1 Å². The van der Waals surface area contributed by atoms with E-state index >= 15 is 0 Å². The number of nitrogens with one attached hydrogen (secondary N) is 1. The molecule has 1 N–H and O–H groups in total. The Kier molecular flexibility index (Phi) is 9.17. The largest absolute Gasteiger partial charge is 0.369 e. The standard InChI is InChI=1S/C19H30N4O.2ClH/c1-15(2)21-10-12-22(13-11-21)18-6-4-17(5-7-18)19(24)23-9-8-20-14-16(23)3;;/h4-7,15-16,20H,8-14H2,1-3H3;2*1H/t16-;;/m0../s1. The van der Waals surface area contributed by atoms with Gasteiger partial charge in [0, 0.05) is 69.1 Å². The van der Waals surface area contributed by atoms with Crippen molar-refractivity contribution in [2.24, 2.45) is 0 Å². The van der Waals surface area contributed by atoms with Crippen molar-refractivity contribution in [1.29, 1.82) is 0 Å². The summed E-state index contributed by atoms with van der Waals surface area (Å²) in [5.41, 5.74) is 2.02. The van der Waals surface area contributed by atoms with Gasteiger partial charge in [0.05, 0.1) is 0 Å². The lowest BCUT2D eigenvalue weighted by atomic mass is 10.1. The molecule has 26 heavy (non-hydrogen) atoms. The van der Waals surface area contributed by atoms with Crippen LogP contribution >= 0.6 is 24.8 Å². The van der Waals surface area contributed by atoms with Crippen LogP contribution in [0.2, 0.25) is 0 Å². The lowest BCUT2D eigenvalue weighted by Gasteiger charge is -2.38. The predicted molar refractivity (Wildman–Crippen MR) is 113 cm³/mol. The summed E-state index contributed by atoms with van der Waals surface area (Å²) in [5.74, 6) is 0.153. The topological polar surface area (TPSA) is 38.8 Å². The molecular formula is C19H32Cl2N4O. The van der Waals surface area contributed by atoms with Crippen molar-refractivity contribution in [3.05, 3.63) is 29.8 Å². The van der Waals surface area contributed by atoms with Crippen molar-refractivity contribution in [1.82, 2.24) is 15.1 Å². The zero-order valence-electron chi connectivity index (χ0n) is 16.0. The fourth-order valence-electron chi connectivity index (χ4n) is 3.62. The Balaban J connectivity index is 0.00000169.